The molecular weight excluding hydrogens is 332 g/mol. The van der Waals surface area contributed by atoms with E-state index in [1.54, 1.807) is 6.07 Å². The lowest BCUT2D eigenvalue weighted by Gasteiger charge is -2.64. The van der Waals surface area contributed by atoms with E-state index in [-0.39, 0.29) is 40.9 Å². The van der Waals surface area contributed by atoms with E-state index in [2.05, 4.69) is 16.9 Å². The van der Waals surface area contributed by atoms with Crippen LogP contribution >= 0.6 is 0 Å². The summed E-state index contributed by atoms with van der Waals surface area (Å²) < 4.78 is 12.8. The van der Waals surface area contributed by atoms with Crippen molar-refractivity contribution in [3.05, 3.63) is 23.3 Å². The summed E-state index contributed by atoms with van der Waals surface area (Å²) in [7, 11) is 4.00. The molecule has 2 fully saturated rings. The molecule has 1 saturated carbocycles. The highest BCUT2D eigenvalue weighted by Crippen LogP contribution is 2.66. The first-order valence-corrected chi connectivity index (χ1v) is 9.31. The Labute approximate surface area is 153 Å². The Morgan fingerprint density at radius 1 is 1.38 bits per heavy atom. The summed E-state index contributed by atoms with van der Waals surface area (Å²) in [5.41, 5.74) is 13.1. The van der Waals surface area contributed by atoms with Crippen LogP contribution in [0.15, 0.2) is 17.1 Å². The van der Waals surface area contributed by atoms with Crippen molar-refractivity contribution in [2.45, 2.75) is 54.9 Å². The van der Waals surface area contributed by atoms with Crippen LogP contribution in [0.3, 0.4) is 0 Å². The lowest BCUT2D eigenvalue weighted by Crippen LogP contribution is -2.77. The van der Waals surface area contributed by atoms with Gasteiger partial charge in [-0.25, -0.2) is 4.99 Å². The van der Waals surface area contributed by atoms with E-state index < -0.39 is 0 Å². The van der Waals surface area contributed by atoms with Crippen molar-refractivity contribution >= 4 is 5.96 Å². The van der Waals surface area contributed by atoms with E-state index in [1.165, 1.54) is 5.56 Å². The first-order valence-electron chi connectivity index (χ1n) is 9.31. The van der Waals surface area contributed by atoms with Crippen LogP contribution in [-0.4, -0.2) is 60.5 Å². The van der Waals surface area contributed by atoms with Gasteiger partial charge in [0.05, 0.1) is 17.1 Å². The van der Waals surface area contributed by atoms with Gasteiger partial charge in [-0.3, -0.25) is 0 Å². The number of hydrogen-bond donors (Lipinski definition) is 3. The predicted octanol–water partition coefficient (Wildman–Crippen LogP) is 0.472. The summed E-state index contributed by atoms with van der Waals surface area (Å²) in [5.74, 6) is 0.883. The van der Waals surface area contributed by atoms with E-state index in [0.29, 0.717) is 5.75 Å². The molecule has 0 radical (unpaired) electrons. The van der Waals surface area contributed by atoms with Gasteiger partial charge in [0.1, 0.15) is 6.10 Å². The van der Waals surface area contributed by atoms with E-state index in [9.17, 15) is 5.11 Å². The zero-order valence-electron chi connectivity index (χ0n) is 15.2. The Morgan fingerprint density at radius 2 is 2.19 bits per heavy atom. The van der Waals surface area contributed by atoms with Gasteiger partial charge in [-0.05, 0) is 50.9 Å². The van der Waals surface area contributed by atoms with Gasteiger partial charge in [0.2, 0.25) is 0 Å². The molecule has 2 aliphatic carbocycles. The number of likely N-dealkylation sites (N-methyl/N-ethyl adjacent to an activating group) is 1. The lowest BCUT2D eigenvalue weighted by molar-refractivity contribution is -0.201. The zero-order valence-corrected chi connectivity index (χ0v) is 15.2. The number of aliphatic imine (C=N–C) groups is 1. The third-order valence-electron chi connectivity index (χ3n) is 7.34. The van der Waals surface area contributed by atoms with Gasteiger partial charge in [0, 0.05) is 18.7 Å². The monoisotopic (exact) mass is 358 g/mol. The van der Waals surface area contributed by atoms with Crippen molar-refractivity contribution in [2.75, 3.05) is 20.7 Å². The Hall–Kier alpha value is -1.99. The molecule has 2 bridgehead atoms. The number of nitrogens with zero attached hydrogens (tertiary/aromatic N) is 2. The third kappa shape index (κ3) is 1.64. The molecule has 7 nitrogen and oxygen atoms in total. The predicted molar refractivity (Wildman–Crippen MR) is 97.5 cm³/mol. The number of phenols is 1. The highest BCUT2D eigenvalue weighted by Gasteiger charge is 2.73. The molecule has 140 valence electrons. The fourth-order valence-corrected chi connectivity index (χ4v) is 6.44. The van der Waals surface area contributed by atoms with Crippen LogP contribution in [0.4, 0.5) is 0 Å². The van der Waals surface area contributed by atoms with E-state index in [0.717, 1.165) is 37.8 Å². The second-order valence-corrected chi connectivity index (χ2v) is 8.16. The van der Waals surface area contributed by atoms with Gasteiger partial charge in [-0.15, -0.1) is 0 Å². The summed E-state index contributed by atoms with van der Waals surface area (Å²) in [5, 5.41) is 10.5. The van der Waals surface area contributed by atoms with Crippen LogP contribution in [0.5, 0.6) is 11.5 Å². The zero-order chi connectivity index (χ0) is 18.3. The molecule has 5 N–H and O–H groups in total. The minimum absolute atomic E-state index is 0.0839. The molecule has 26 heavy (non-hydrogen) atoms. The number of guanidine groups is 1. The number of phenolic OH excluding ortho intramolecular Hbond substituents is 1. The Bertz CT molecular complexity index is 808. The average molecular weight is 358 g/mol. The smallest absolute Gasteiger partial charge is 0.186 e. The molecule has 0 amide bonds. The number of likely N-dealkylation sites (tertiary alicyclic amines) is 1. The average Bonchev–Trinajstić information content (AvgIpc) is 2.97. The van der Waals surface area contributed by atoms with Gasteiger partial charge in [-0.1, -0.05) is 6.07 Å². The summed E-state index contributed by atoms with van der Waals surface area (Å²) in [6.07, 6.45) is 3.24. The van der Waals surface area contributed by atoms with E-state index >= 15 is 0 Å². The summed E-state index contributed by atoms with van der Waals surface area (Å²) in [6.45, 7) is 0.957. The largest absolute Gasteiger partial charge is 0.504 e. The summed E-state index contributed by atoms with van der Waals surface area (Å²) in [4.78, 5) is 6.92. The highest BCUT2D eigenvalue weighted by molar-refractivity contribution is 5.76. The molecule has 2 aliphatic heterocycles. The molecule has 5 rings (SSSR count). The number of hydrogen-bond acceptors (Lipinski definition) is 5. The fourth-order valence-electron chi connectivity index (χ4n) is 6.44. The molecule has 0 unspecified atom stereocenters. The fraction of sp³-hybridized carbons (Fsp3) is 0.632. The molecule has 0 aromatic heterocycles. The molecule has 1 aromatic rings. The van der Waals surface area contributed by atoms with Crippen molar-refractivity contribution in [3.63, 3.8) is 0 Å². The third-order valence-corrected chi connectivity index (χ3v) is 7.34. The molecule has 5 atom stereocenters. The van der Waals surface area contributed by atoms with Gasteiger partial charge in [0.25, 0.3) is 0 Å². The molecule has 1 spiro atoms. The van der Waals surface area contributed by atoms with Crippen molar-refractivity contribution in [3.8, 4) is 11.5 Å². The van der Waals surface area contributed by atoms with Crippen LogP contribution in [0.1, 0.15) is 30.4 Å². The van der Waals surface area contributed by atoms with Crippen LogP contribution in [0.2, 0.25) is 0 Å². The lowest BCUT2D eigenvalue weighted by atomic mass is 9.48. The Kier molecular flexibility index (Phi) is 3.14. The van der Waals surface area contributed by atoms with Crippen molar-refractivity contribution in [1.29, 1.82) is 0 Å². The number of ether oxygens (including phenoxy) is 2. The van der Waals surface area contributed by atoms with Gasteiger partial charge < -0.3 is 30.9 Å². The summed E-state index contributed by atoms with van der Waals surface area (Å²) >= 11 is 0. The minimum Gasteiger partial charge on any atom is -0.504 e. The standard InChI is InChI=1S/C19H26N4O3/c1-23-8-7-18-14-10-3-4-12(24)15(14)26-16(18)11(22-17(20)21)5-6-19(18,25-2)13(23)9-10/h3-4,11,13,16,24H,5-9H2,1-2H3,(H4,20,21,22)/t11-,13+,16-,18-,19+/m0/s1. The van der Waals surface area contributed by atoms with Crippen LogP contribution in [0.25, 0.3) is 0 Å². The molecule has 1 saturated heterocycles. The van der Waals surface area contributed by atoms with E-state index in [1.807, 2.05) is 13.2 Å². The molecule has 4 aliphatic rings. The molecular formula is C19H26N4O3. The van der Waals surface area contributed by atoms with Crippen LogP contribution < -0.4 is 16.2 Å². The first kappa shape index (κ1) is 16.2. The number of nitrogens with two attached hydrogens (primary N) is 2. The first-order chi connectivity index (χ1) is 12.4. The Balaban J connectivity index is 1.80. The number of rotatable bonds is 2. The van der Waals surface area contributed by atoms with Crippen molar-refractivity contribution in [1.82, 2.24) is 4.90 Å². The Morgan fingerprint density at radius 3 is 2.92 bits per heavy atom. The molecule has 2 heterocycles. The number of piperidine rings is 1. The number of benzene rings is 1. The maximum absolute atomic E-state index is 10.5. The van der Waals surface area contributed by atoms with Crippen LogP contribution in [-0.2, 0) is 16.6 Å². The second kappa shape index (κ2) is 5.04. The second-order valence-electron chi connectivity index (χ2n) is 8.16. The normalized spacial score (nSPS) is 39.8. The SMILES string of the molecule is CO[C@@]12CC[C@H](N=C(N)N)[C@@H]3Oc4c(O)ccc5c4[C@@]31CCN(C)[C@@H]2C5. The number of aromatic hydroxyl groups is 1. The highest BCUT2D eigenvalue weighted by atomic mass is 16.5. The van der Waals surface area contributed by atoms with Gasteiger partial charge in [-0.2, -0.15) is 0 Å². The number of methoxy groups -OCH3 is 1. The summed E-state index contributed by atoms with van der Waals surface area (Å²) in [6, 6.07) is 3.92. The van der Waals surface area contributed by atoms with E-state index in [4.69, 9.17) is 20.9 Å². The maximum Gasteiger partial charge on any atom is 0.186 e. The van der Waals surface area contributed by atoms with Crippen molar-refractivity contribution < 1.29 is 14.6 Å². The maximum atomic E-state index is 10.5. The van der Waals surface area contributed by atoms with Crippen LogP contribution in [0, 0.1) is 0 Å². The molecule has 7 heteroatoms. The quantitative estimate of drug-likeness (QED) is 0.524. The van der Waals surface area contributed by atoms with Gasteiger partial charge >= 0.3 is 0 Å². The topological polar surface area (TPSA) is 106 Å². The van der Waals surface area contributed by atoms with Gasteiger partial charge in [0.15, 0.2) is 17.5 Å². The molecule has 1 aromatic carbocycles. The minimum atomic E-state index is -0.355. The van der Waals surface area contributed by atoms with Crippen molar-refractivity contribution in [2.24, 2.45) is 16.5 Å².